The molecule has 28 heavy (non-hydrogen) atoms. The predicted octanol–water partition coefficient (Wildman–Crippen LogP) is 4.75. The van der Waals surface area contributed by atoms with Gasteiger partial charge in [0.15, 0.2) is 5.78 Å². The summed E-state index contributed by atoms with van der Waals surface area (Å²) in [4.78, 5) is 36.5. The Labute approximate surface area is 166 Å². The number of rotatable bonds is 5. The second-order valence-corrected chi connectivity index (χ2v) is 6.41. The van der Waals surface area contributed by atoms with Crippen LogP contribution >= 0.6 is 11.6 Å². The summed E-state index contributed by atoms with van der Waals surface area (Å²) in [6.45, 7) is 1.41. The van der Waals surface area contributed by atoms with Gasteiger partial charge in [-0.2, -0.15) is 0 Å². The first-order chi connectivity index (χ1) is 13.4. The molecule has 3 aromatic carbocycles. The van der Waals surface area contributed by atoms with Gasteiger partial charge >= 0.3 is 5.97 Å². The number of nitrogens with one attached hydrogen (secondary N) is 1. The van der Waals surface area contributed by atoms with E-state index in [4.69, 9.17) is 16.3 Å². The van der Waals surface area contributed by atoms with Gasteiger partial charge in [0.25, 0.3) is 0 Å². The van der Waals surface area contributed by atoms with E-state index in [1.54, 1.807) is 66.7 Å². The molecule has 0 spiro atoms. The van der Waals surface area contributed by atoms with Crippen molar-refractivity contribution in [3.05, 3.63) is 94.5 Å². The van der Waals surface area contributed by atoms with Gasteiger partial charge in [0.1, 0.15) is 5.75 Å². The van der Waals surface area contributed by atoms with Crippen LogP contribution in [-0.2, 0) is 4.79 Å². The van der Waals surface area contributed by atoms with Crippen molar-refractivity contribution in [3.8, 4) is 5.75 Å². The summed E-state index contributed by atoms with van der Waals surface area (Å²) in [7, 11) is 0. The van der Waals surface area contributed by atoms with Crippen LogP contribution in [-0.4, -0.2) is 17.7 Å². The highest BCUT2D eigenvalue weighted by Gasteiger charge is 2.19. The Bertz CT molecular complexity index is 1030. The van der Waals surface area contributed by atoms with Crippen LogP contribution in [0.15, 0.2) is 72.8 Å². The molecule has 0 aliphatic heterocycles. The maximum Gasteiger partial charge on any atom is 0.344 e. The normalized spacial score (nSPS) is 10.2. The zero-order valence-electron chi connectivity index (χ0n) is 14.9. The van der Waals surface area contributed by atoms with E-state index in [1.165, 1.54) is 13.0 Å². The van der Waals surface area contributed by atoms with Gasteiger partial charge in [-0.25, -0.2) is 4.79 Å². The molecule has 0 bridgehead atoms. The number of ether oxygens (including phenoxy) is 1. The monoisotopic (exact) mass is 393 g/mol. The van der Waals surface area contributed by atoms with Crippen molar-refractivity contribution >= 4 is 34.9 Å². The van der Waals surface area contributed by atoms with E-state index in [-0.39, 0.29) is 22.8 Å². The molecule has 5 nitrogen and oxygen atoms in total. The van der Waals surface area contributed by atoms with Gasteiger partial charge in [0, 0.05) is 28.8 Å². The maximum atomic E-state index is 12.8. The molecule has 0 aromatic heterocycles. The molecule has 0 aliphatic rings. The molecule has 0 fully saturated rings. The molecule has 0 aliphatic carbocycles. The number of carbonyl (C=O) groups excluding carboxylic acids is 3. The molecule has 3 rings (SSSR count). The fourth-order valence-electron chi connectivity index (χ4n) is 2.59. The molecular weight excluding hydrogens is 378 g/mol. The molecule has 0 atom stereocenters. The number of esters is 1. The molecule has 1 N–H and O–H groups in total. The number of benzene rings is 3. The van der Waals surface area contributed by atoms with Gasteiger partial charge in [-0.15, -0.1) is 0 Å². The zero-order valence-corrected chi connectivity index (χ0v) is 15.7. The first kappa shape index (κ1) is 19.3. The zero-order chi connectivity index (χ0) is 20.1. The summed E-state index contributed by atoms with van der Waals surface area (Å²) in [5, 5.41) is 3.15. The Hall–Kier alpha value is -3.44. The quantitative estimate of drug-likeness (QED) is 0.385. The van der Waals surface area contributed by atoms with Gasteiger partial charge in [0.05, 0.1) is 5.56 Å². The lowest BCUT2D eigenvalue weighted by molar-refractivity contribution is -0.114. The highest BCUT2D eigenvalue weighted by Crippen LogP contribution is 2.21. The Morgan fingerprint density at radius 1 is 0.821 bits per heavy atom. The summed E-state index contributed by atoms with van der Waals surface area (Å²) in [5.74, 6) is -0.845. The molecule has 0 radical (unpaired) electrons. The van der Waals surface area contributed by atoms with Gasteiger partial charge in [-0.1, -0.05) is 29.8 Å². The number of ketones is 1. The van der Waals surface area contributed by atoms with Gasteiger partial charge < -0.3 is 10.1 Å². The van der Waals surface area contributed by atoms with Crippen LogP contribution in [0.25, 0.3) is 0 Å². The minimum absolute atomic E-state index is 0.161. The molecular formula is C22H16ClNO4. The lowest BCUT2D eigenvalue weighted by atomic mass is 9.98. The number of hydrogen-bond acceptors (Lipinski definition) is 4. The van der Waals surface area contributed by atoms with E-state index in [0.717, 1.165) is 0 Å². The fraction of sp³-hybridized carbons (Fsp3) is 0.0455. The second kappa shape index (κ2) is 8.50. The smallest absolute Gasteiger partial charge is 0.344 e. The van der Waals surface area contributed by atoms with Crippen molar-refractivity contribution in [1.82, 2.24) is 0 Å². The fourth-order valence-corrected chi connectivity index (χ4v) is 2.71. The summed E-state index contributed by atoms with van der Waals surface area (Å²) in [6, 6.07) is 19.3. The van der Waals surface area contributed by atoms with E-state index < -0.39 is 5.97 Å². The van der Waals surface area contributed by atoms with Gasteiger partial charge in [-0.3, -0.25) is 9.59 Å². The van der Waals surface area contributed by atoms with Crippen molar-refractivity contribution in [2.45, 2.75) is 6.92 Å². The van der Waals surface area contributed by atoms with Crippen LogP contribution in [0.4, 0.5) is 5.69 Å². The Morgan fingerprint density at radius 2 is 1.43 bits per heavy atom. The third kappa shape index (κ3) is 4.64. The lowest BCUT2D eigenvalue weighted by Crippen LogP contribution is -2.15. The van der Waals surface area contributed by atoms with Crippen molar-refractivity contribution < 1.29 is 19.1 Å². The Balaban J connectivity index is 1.82. The topological polar surface area (TPSA) is 72.5 Å². The minimum atomic E-state index is -0.648. The molecule has 0 heterocycles. The van der Waals surface area contributed by atoms with Crippen molar-refractivity contribution in [1.29, 1.82) is 0 Å². The average molecular weight is 394 g/mol. The van der Waals surface area contributed by atoms with Crippen LogP contribution in [0.2, 0.25) is 5.02 Å². The van der Waals surface area contributed by atoms with Crippen LogP contribution in [0.1, 0.15) is 33.2 Å². The number of hydrogen-bond donors (Lipinski definition) is 1. The molecule has 6 heteroatoms. The Kier molecular flexibility index (Phi) is 5.87. The van der Waals surface area contributed by atoms with Crippen LogP contribution in [0, 0.1) is 0 Å². The van der Waals surface area contributed by atoms with E-state index in [1.807, 2.05) is 0 Å². The first-order valence-electron chi connectivity index (χ1n) is 8.43. The largest absolute Gasteiger partial charge is 0.423 e. The maximum absolute atomic E-state index is 12.8. The number of anilines is 1. The Morgan fingerprint density at radius 3 is 2.04 bits per heavy atom. The van der Waals surface area contributed by atoms with E-state index in [0.29, 0.717) is 22.0 Å². The standard InChI is InChI=1S/C22H16ClNO4/c1-14(25)24-17-10-12-18(13-11-17)28-22(27)20-5-3-2-4-19(20)21(26)15-6-8-16(23)9-7-15/h2-13H,1H3,(H,24,25). The predicted molar refractivity (Wildman–Crippen MR) is 107 cm³/mol. The summed E-state index contributed by atoms with van der Waals surface area (Å²) < 4.78 is 5.38. The van der Waals surface area contributed by atoms with Crippen LogP contribution < -0.4 is 10.1 Å². The molecule has 0 unspecified atom stereocenters. The molecule has 3 aromatic rings. The SMILES string of the molecule is CC(=O)Nc1ccc(OC(=O)c2ccccc2C(=O)c2ccc(Cl)cc2)cc1. The molecule has 140 valence electrons. The van der Waals surface area contributed by atoms with Gasteiger partial charge in [0.2, 0.25) is 5.91 Å². The second-order valence-electron chi connectivity index (χ2n) is 5.98. The molecule has 0 saturated heterocycles. The summed E-state index contributed by atoms with van der Waals surface area (Å²) in [5.41, 5.74) is 1.41. The minimum Gasteiger partial charge on any atom is -0.423 e. The summed E-state index contributed by atoms with van der Waals surface area (Å²) in [6.07, 6.45) is 0. The first-order valence-corrected chi connectivity index (χ1v) is 8.81. The number of amides is 1. The summed E-state index contributed by atoms with van der Waals surface area (Å²) >= 11 is 5.86. The highest BCUT2D eigenvalue weighted by molar-refractivity contribution is 6.30. The third-order valence-electron chi connectivity index (χ3n) is 3.88. The van der Waals surface area contributed by atoms with Gasteiger partial charge in [-0.05, 0) is 54.6 Å². The van der Waals surface area contributed by atoms with Crippen molar-refractivity contribution in [2.24, 2.45) is 0 Å². The lowest BCUT2D eigenvalue weighted by Gasteiger charge is -2.10. The molecule has 1 amide bonds. The number of carbonyl (C=O) groups is 3. The van der Waals surface area contributed by atoms with E-state index >= 15 is 0 Å². The third-order valence-corrected chi connectivity index (χ3v) is 4.14. The average Bonchev–Trinajstić information content (AvgIpc) is 2.69. The number of halogens is 1. The van der Waals surface area contributed by atoms with Crippen molar-refractivity contribution in [2.75, 3.05) is 5.32 Å². The highest BCUT2D eigenvalue weighted by atomic mass is 35.5. The van der Waals surface area contributed by atoms with Crippen molar-refractivity contribution in [3.63, 3.8) is 0 Å². The van der Waals surface area contributed by atoms with E-state index in [2.05, 4.69) is 5.32 Å². The molecule has 0 saturated carbocycles. The van der Waals surface area contributed by atoms with Crippen LogP contribution in [0.5, 0.6) is 5.75 Å². The van der Waals surface area contributed by atoms with E-state index in [9.17, 15) is 14.4 Å². The van der Waals surface area contributed by atoms with Crippen LogP contribution in [0.3, 0.4) is 0 Å².